The molecule has 1 unspecified atom stereocenters. The molecule has 0 spiro atoms. The van der Waals surface area contributed by atoms with E-state index in [-0.39, 0.29) is 12.5 Å². The Balaban J connectivity index is 1.92. The molecule has 0 radical (unpaired) electrons. The number of ether oxygens (including phenoxy) is 1. The lowest BCUT2D eigenvalue weighted by atomic mass is 10.1. The van der Waals surface area contributed by atoms with Crippen LogP contribution in [0.25, 0.3) is 0 Å². The summed E-state index contributed by atoms with van der Waals surface area (Å²) in [7, 11) is 0. The van der Waals surface area contributed by atoms with Crippen molar-refractivity contribution in [1.29, 1.82) is 0 Å². The van der Waals surface area contributed by atoms with Gasteiger partial charge in [0.25, 0.3) is 0 Å². The van der Waals surface area contributed by atoms with Crippen LogP contribution in [0.4, 0.5) is 0 Å². The fraction of sp³-hybridized carbons (Fsp3) is 0.417. The Bertz CT molecular complexity index is 388. The number of hydrogen-bond acceptors (Lipinski definition) is 2. The zero-order chi connectivity index (χ0) is 11.5. The molecule has 0 heterocycles. The fourth-order valence-corrected chi connectivity index (χ4v) is 2.03. The van der Waals surface area contributed by atoms with Gasteiger partial charge in [0.2, 0.25) is 0 Å². The molecule has 0 amide bonds. The van der Waals surface area contributed by atoms with Gasteiger partial charge in [-0.1, -0.05) is 22.0 Å². The highest BCUT2D eigenvalue weighted by Gasteiger charge is 2.36. The molecule has 1 aromatic carbocycles. The van der Waals surface area contributed by atoms with Crippen LogP contribution in [0.5, 0.6) is 5.75 Å². The van der Waals surface area contributed by atoms with E-state index in [1.165, 1.54) is 0 Å². The number of hydrogen-bond donors (Lipinski definition) is 1. The van der Waals surface area contributed by atoms with Crippen LogP contribution in [0.2, 0.25) is 0 Å². The third kappa shape index (κ3) is 2.98. The van der Waals surface area contributed by atoms with E-state index in [2.05, 4.69) is 15.9 Å². The van der Waals surface area contributed by atoms with Crippen molar-refractivity contribution in [3.8, 4) is 5.75 Å². The third-order valence-electron chi connectivity index (χ3n) is 2.73. The van der Waals surface area contributed by atoms with Gasteiger partial charge in [-0.25, -0.2) is 0 Å². The molecular formula is C12H13BrO3. The summed E-state index contributed by atoms with van der Waals surface area (Å²) in [5, 5.41) is 9.03. The van der Waals surface area contributed by atoms with Crippen molar-refractivity contribution < 1.29 is 14.6 Å². The minimum Gasteiger partial charge on any atom is -0.493 e. The predicted octanol–water partition coefficient (Wildman–Crippen LogP) is 2.94. The molecule has 0 bridgehead atoms. The van der Waals surface area contributed by atoms with Crippen molar-refractivity contribution in [2.45, 2.75) is 12.8 Å². The van der Waals surface area contributed by atoms with Gasteiger partial charge in [-0.3, -0.25) is 4.79 Å². The first-order valence-corrected chi connectivity index (χ1v) is 6.07. The van der Waals surface area contributed by atoms with Crippen molar-refractivity contribution in [1.82, 2.24) is 0 Å². The highest BCUT2D eigenvalue weighted by Crippen LogP contribution is 2.37. The first-order valence-electron chi connectivity index (χ1n) is 5.28. The van der Waals surface area contributed by atoms with Gasteiger partial charge in [-0.05, 0) is 37.0 Å². The van der Waals surface area contributed by atoms with Gasteiger partial charge in [0.15, 0.2) is 0 Å². The molecule has 1 aliphatic carbocycles. The van der Waals surface area contributed by atoms with E-state index in [4.69, 9.17) is 9.84 Å². The lowest BCUT2D eigenvalue weighted by Crippen LogP contribution is -2.23. The van der Waals surface area contributed by atoms with Crippen molar-refractivity contribution >= 4 is 21.9 Å². The lowest BCUT2D eigenvalue weighted by Gasteiger charge is -2.12. The molecule has 1 fully saturated rings. The van der Waals surface area contributed by atoms with Gasteiger partial charge in [0.05, 0.1) is 5.92 Å². The van der Waals surface area contributed by atoms with E-state index in [0.717, 1.165) is 17.3 Å². The summed E-state index contributed by atoms with van der Waals surface area (Å²) in [4.78, 5) is 11.0. The maximum atomic E-state index is 11.0. The number of carboxylic acids is 1. The van der Waals surface area contributed by atoms with Gasteiger partial charge in [0.1, 0.15) is 12.4 Å². The molecular weight excluding hydrogens is 272 g/mol. The minimum absolute atomic E-state index is 0.260. The van der Waals surface area contributed by atoms with Crippen LogP contribution in [0.1, 0.15) is 12.8 Å². The standard InChI is InChI=1S/C12H13BrO3/c13-9-2-1-3-10(6-9)16-7-11(12(14)15)8-4-5-8/h1-3,6,8,11H,4-5,7H2,(H,14,15). The monoisotopic (exact) mass is 284 g/mol. The summed E-state index contributed by atoms with van der Waals surface area (Å²) in [5.41, 5.74) is 0. The van der Waals surface area contributed by atoms with Crippen LogP contribution in [0.15, 0.2) is 28.7 Å². The van der Waals surface area contributed by atoms with Crippen LogP contribution < -0.4 is 4.74 Å². The normalized spacial score (nSPS) is 16.8. The number of aliphatic carboxylic acids is 1. The Morgan fingerprint density at radius 3 is 2.88 bits per heavy atom. The van der Waals surface area contributed by atoms with Gasteiger partial charge >= 0.3 is 5.97 Å². The van der Waals surface area contributed by atoms with Gasteiger partial charge < -0.3 is 9.84 Å². The zero-order valence-electron chi connectivity index (χ0n) is 8.73. The Kier molecular flexibility index (Phi) is 3.49. The first-order chi connectivity index (χ1) is 7.66. The lowest BCUT2D eigenvalue weighted by molar-refractivity contribution is -0.143. The fourth-order valence-electron chi connectivity index (χ4n) is 1.65. The second-order valence-electron chi connectivity index (χ2n) is 4.05. The number of benzene rings is 1. The molecule has 0 aliphatic heterocycles. The summed E-state index contributed by atoms with van der Waals surface area (Å²) in [6.45, 7) is 0.260. The summed E-state index contributed by atoms with van der Waals surface area (Å²) in [5.74, 6) is -0.0950. The van der Waals surface area contributed by atoms with Crippen LogP contribution in [0, 0.1) is 11.8 Å². The van der Waals surface area contributed by atoms with Crippen LogP contribution in [-0.4, -0.2) is 17.7 Å². The Labute approximate surface area is 103 Å². The molecule has 1 N–H and O–H groups in total. The third-order valence-corrected chi connectivity index (χ3v) is 3.23. The Hall–Kier alpha value is -1.03. The molecule has 86 valence electrons. The molecule has 16 heavy (non-hydrogen) atoms. The van der Waals surface area contributed by atoms with Gasteiger partial charge in [-0.15, -0.1) is 0 Å². The average Bonchev–Trinajstić information content (AvgIpc) is 3.02. The van der Waals surface area contributed by atoms with Gasteiger partial charge in [0, 0.05) is 4.47 Å². The van der Waals surface area contributed by atoms with E-state index in [9.17, 15) is 4.79 Å². The zero-order valence-corrected chi connectivity index (χ0v) is 10.3. The minimum atomic E-state index is -0.752. The van der Waals surface area contributed by atoms with E-state index < -0.39 is 5.97 Å². The maximum Gasteiger partial charge on any atom is 0.310 e. The van der Waals surface area contributed by atoms with Crippen LogP contribution in [0.3, 0.4) is 0 Å². The summed E-state index contributed by atoms with van der Waals surface area (Å²) < 4.78 is 6.43. The summed E-state index contributed by atoms with van der Waals surface area (Å²) in [6, 6.07) is 7.44. The molecule has 4 heteroatoms. The molecule has 0 saturated heterocycles. The Morgan fingerprint density at radius 2 is 2.31 bits per heavy atom. The van der Waals surface area contributed by atoms with Crippen molar-refractivity contribution in [3.05, 3.63) is 28.7 Å². The molecule has 2 rings (SSSR count). The first kappa shape index (κ1) is 11.5. The average molecular weight is 285 g/mol. The quantitative estimate of drug-likeness (QED) is 0.904. The molecule has 1 atom stereocenters. The highest BCUT2D eigenvalue weighted by atomic mass is 79.9. The summed E-state index contributed by atoms with van der Waals surface area (Å²) >= 11 is 3.34. The van der Waals surface area contributed by atoms with Crippen molar-refractivity contribution in [2.24, 2.45) is 11.8 Å². The molecule has 1 saturated carbocycles. The molecule has 1 aliphatic rings. The molecule has 1 aromatic rings. The van der Waals surface area contributed by atoms with E-state index in [1.807, 2.05) is 24.3 Å². The van der Waals surface area contributed by atoms with Crippen LogP contribution in [-0.2, 0) is 4.79 Å². The number of rotatable bonds is 5. The smallest absolute Gasteiger partial charge is 0.310 e. The predicted molar refractivity (Wildman–Crippen MR) is 63.5 cm³/mol. The number of carboxylic acid groups (broad SMARTS) is 1. The van der Waals surface area contributed by atoms with Crippen molar-refractivity contribution in [2.75, 3.05) is 6.61 Å². The number of carbonyl (C=O) groups is 1. The Morgan fingerprint density at radius 1 is 1.56 bits per heavy atom. The number of halogens is 1. The SMILES string of the molecule is O=C(O)C(COc1cccc(Br)c1)C1CC1. The van der Waals surface area contributed by atoms with E-state index in [1.54, 1.807) is 0 Å². The second kappa shape index (κ2) is 4.87. The second-order valence-corrected chi connectivity index (χ2v) is 4.97. The van der Waals surface area contributed by atoms with Gasteiger partial charge in [-0.2, -0.15) is 0 Å². The highest BCUT2D eigenvalue weighted by molar-refractivity contribution is 9.10. The van der Waals surface area contributed by atoms with Crippen LogP contribution >= 0.6 is 15.9 Å². The maximum absolute atomic E-state index is 11.0. The van der Waals surface area contributed by atoms with E-state index in [0.29, 0.717) is 11.7 Å². The largest absolute Gasteiger partial charge is 0.493 e. The molecule has 3 nitrogen and oxygen atoms in total. The molecule has 0 aromatic heterocycles. The van der Waals surface area contributed by atoms with E-state index >= 15 is 0 Å². The van der Waals surface area contributed by atoms with Crippen molar-refractivity contribution in [3.63, 3.8) is 0 Å². The topological polar surface area (TPSA) is 46.5 Å². The summed E-state index contributed by atoms with van der Waals surface area (Å²) in [6.07, 6.45) is 2.03.